The van der Waals surface area contributed by atoms with Crippen LogP contribution in [0.4, 0.5) is 9.52 Å². The van der Waals surface area contributed by atoms with Gasteiger partial charge in [0.15, 0.2) is 5.13 Å². The Bertz CT molecular complexity index is 1430. The van der Waals surface area contributed by atoms with E-state index < -0.39 is 23.5 Å². The summed E-state index contributed by atoms with van der Waals surface area (Å²) in [6.45, 7) is 0. The SMILES string of the molecule is COc1ccccc1C1C(=C(O)c2ccccc2)C(=O)C(=O)N1c1nc2ccc(F)cc2s1. The fourth-order valence-electron chi connectivity index (χ4n) is 3.96. The molecule has 1 saturated heterocycles. The third kappa shape index (κ3) is 3.44. The molecule has 0 saturated carbocycles. The predicted molar refractivity (Wildman–Crippen MR) is 124 cm³/mol. The summed E-state index contributed by atoms with van der Waals surface area (Å²) in [5.41, 5.74) is 1.35. The van der Waals surface area contributed by atoms with Gasteiger partial charge in [-0.3, -0.25) is 14.5 Å². The second-order valence-corrected chi connectivity index (χ2v) is 8.39. The first kappa shape index (κ1) is 20.8. The quantitative estimate of drug-likeness (QED) is 0.261. The maximum absolute atomic E-state index is 13.7. The Morgan fingerprint density at radius 1 is 1.06 bits per heavy atom. The van der Waals surface area contributed by atoms with E-state index in [1.807, 2.05) is 0 Å². The van der Waals surface area contributed by atoms with Gasteiger partial charge in [-0.1, -0.05) is 59.9 Å². The molecule has 1 fully saturated rings. The van der Waals surface area contributed by atoms with Gasteiger partial charge in [0.25, 0.3) is 5.78 Å². The van der Waals surface area contributed by atoms with Gasteiger partial charge < -0.3 is 9.84 Å². The van der Waals surface area contributed by atoms with Crippen LogP contribution in [0, 0.1) is 5.82 Å². The number of nitrogens with zero attached hydrogens (tertiary/aromatic N) is 2. The molecule has 0 spiro atoms. The lowest BCUT2D eigenvalue weighted by Gasteiger charge is -2.24. The van der Waals surface area contributed by atoms with Crippen molar-refractivity contribution in [2.24, 2.45) is 0 Å². The van der Waals surface area contributed by atoms with E-state index in [0.717, 1.165) is 11.3 Å². The number of hydrogen-bond donors (Lipinski definition) is 1. The van der Waals surface area contributed by atoms with Crippen LogP contribution in [-0.4, -0.2) is 28.9 Å². The maximum atomic E-state index is 13.7. The smallest absolute Gasteiger partial charge is 0.301 e. The number of ether oxygens (including phenoxy) is 1. The highest BCUT2D eigenvalue weighted by atomic mass is 32.1. The number of carbonyl (C=O) groups excluding carboxylic acids is 2. The lowest BCUT2D eigenvalue weighted by Crippen LogP contribution is -2.29. The molecule has 1 unspecified atom stereocenters. The molecule has 4 aromatic rings. The average Bonchev–Trinajstić information content (AvgIpc) is 3.36. The summed E-state index contributed by atoms with van der Waals surface area (Å²) in [6.07, 6.45) is 0. The number of aliphatic hydroxyl groups excluding tert-OH is 1. The monoisotopic (exact) mass is 460 g/mol. The second-order valence-electron chi connectivity index (χ2n) is 7.39. The number of ketones is 1. The van der Waals surface area contributed by atoms with Gasteiger partial charge in [-0.05, 0) is 24.3 Å². The van der Waals surface area contributed by atoms with Crippen molar-refractivity contribution in [2.75, 3.05) is 12.0 Å². The van der Waals surface area contributed by atoms with Crippen LogP contribution in [0.5, 0.6) is 5.75 Å². The standard InChI is InChI=1S/C25H17FN2O4S/c1-32-18-10-6-5-9-16(18)21-20(22(29)14-7-3-2-4-8-14)23(30)24(31)28(21)25-27-17-12-11-15(26)13-19(17)33-25/h2-13,21,29H,1H3. The van der Waals surface area contributed by atoms with Crippen molar-refractivity contribution in [2.45, 2.75) is 6.04 Å². The van der Waals surface area contributed by atoms with Crippen molar-refractivity contribution < 1.29 is 23.8 Å². The van der Waals surface area contributed by atoms with Gasteiger partial charge in [-0.15, -0.1) is 0 Å². The molecule has 8 heteroatoms. The largest absolute Gasteiger partial charge is 0.507 e. The highest BCUT2D eigenvalue weighted by Crippen LogP contribution is 2.46. The Balaban J connectivity index is 1.77. The molecule has 6 nitrogen and oxygen atoms in total. The number of hydrogen-bond acceptors (Lipinski definition) is 6. The molecule has 3 aromatic carbocycles. The summed E-state index contributed by atoms with van der Waals surface area (Å²) in [5, 5.41) is 11.3. The van der Waals surface area contributed by atoms with E-state index in [-0.39, 0.29) is 16.5 Å². The maximum Gasteiger partial charge on any atom is 0.301 e. The van der Waals surface area contributed by atoms with Crippen molar-refractivity contribution in [3.8, 4) is 5.75 Å². The van der Waals surface area contributed by atoms with E-state index in [4.69, 9.17) is 4.74 Å². The lowest BCUT2D eigenvalue weighted by molar-refractivity contribution is -0.132. The number of halogens is 1. The van der Waals surface area contributed by atoms with Crippen molar-refractivity contribution in [1.82, 2.24) is 4.98 Å². The summed E-state index contributed by atoms with van der Waals surface area (Å²) in [6, 6.07) is 18.7. The second kappa shape index (κ2) is 8.14. The van der Waals surface area contributed by atoms with Gasteiger partial charge >= 0.3 is 5.91 Å². The van der Waals surface area contributed by atoms with Crippen molar-refractivity contribution in [3.05, 3.63) is 95.3 Å². The number of para-hydroxylation sites is 1. The third-order valence-corrected chi connectivity index (χ3v) is 6.49. The van der Waals surface area contributed by atoms with E-state index in [1.165, 1.54) is 30.2 Å². The Morgan fingerprint density at radius 2 is 1.79 bits per heavy atom. The molecule has 0 radical (unpaired) electrons. The molecule has 0 aliphatic carbocycles. The topological polar surface area (TPSA) is 79.7 Å². The molecule has 33 heavy (non-hydrogen) atoms. The van der Waals surface area contributed by atoms with Crippen LogP contribution in [-0.2, 0) is 9.59 Å². The third-order valence-electron chi connectivity index (χ3n) is 5.47. The summed E-state index contributed by atoms with van der Waals surface area (Å²) in [4.78, 5) is 32.2. The zero-order valence-electron chi connectivity index (χ0n) is 17.4. The molecule has 1 N–H and O–H groups in total. The molecule has 1 amide bonds. The van der Waals surface area contributed by atoms with Crippen LogP contribution < -0.4 is 9.64 Å². The Hall–Kier alpha value is -4.04. The molecular weight excluding hydrogens is 443 g/mol. The van der Waals surface area contributed by atoms with Gasteiger partial charge in [0.1, 0.15) is 23.4 Å². The van der Waals surface area contributed by atoms with Crippen LogP contribution in [0.2, 0.25) is 0 Å². The average molecular weight is 460 g/mol. The Morgan fingerprint density at radius 3 is 2.55 bits per heavy atom. The number of thiazole rings is 1. The molecule has 5 rings (SSSR count). The van der Waals surface area contributed by atoms with Gasteiger partial charge in [-0.25, -0.2) is 9.37 Å². The van der Waals surface area contributed by atoms with Crippen molar-refractivity contribution in [3.63, 3.8) is 0 Å². The number of amides is 1. The number of Topliss-reactive ketones (excluding diaryl/α,β-unsaturated/α-hetero) is 1. The number of methoxy groups -OCH3 is 1. The first-order valence-electron chi connectivity index (χ1n) is 10.0. The molecule has 0 bridgehead atoms. The summed E-state index contributed by atoms with van der Waals surface area (Å²) in [7, 11) is 1.49. The van der Waals surface area contributed by atoms with E-state index in [2.05, 4.69) is 4.98 Å². The van der Waals surface area contributed by atoms with Gasteiger partial charge in [0.05, 0.1) is 22.9 Å². The van der Waals surface area contributed by atoms with Gasteiger partial charge in [0.2, 0.25) is 0 Å². The molecular formula is C25H17FN2O4S. The van der Waals surface area contributed by atoms with Crippen LogP contribution in [0.15, 0.2) is 78.4 Å². The van der Waals surface area contributed by atoms with Crippen molar-refractivity contribution >= 4 is 44.1 Å². The normalized spacial score (nSPS) is 17.6. The van der Waals surface area contributed by atoms with Crippen LogP contribution in [0.25, 0.3) is 16.0 Å². The summed E-state index contributed by atoms with van der Waals surface area (Å²) in [5.74, 6) is -1.94. The Labute approximate surface area is 192 Å². The van der Waals surface area contributed by atoms with E-state index in [1.54, 1.807) is 54.6 Å². The number of benzene rings is 3. The van der Waals surface area contributed by atoms with Crippen LogP contribution in [0.3, 0.4) is 0 Å². The zero-order chi connectivity index (χ0) is 23.1. The number of fused-ring (bicyclic) bond motifs is 1. The fourth-order valence-corrected chi connectivity index (χ4v) is 4.97. The molecule has 2 heterocycles. The van der Waals surface area contributed by atoms with Crippen LogP contribution in [0.1, 0.15) is 17.2 Å². The molecule has 1 aliphatic rings. The van der Waals surface area contributed by atoms with E-state index >= 15 is 0 Å². The lowest BCUT2D eigenvalue weighted by atomic mass is 9.95. The number of aliphatic hydroxyl groups is 1. The number of anilines is 1. The first-order chi connectivity index (χ1) is 16.0. The highest BCUT2D eigenvalue weighted by molar-refractivity contribution is 7.22. The molecule has 1 atom stereocenters. The Kier molecular flexibility index (Phi) is 5.14. The molecule has 164 valence electrons. The fraction of sp³-hybridized carbons (Fsp3) is 0.0800. The summed E-state index contributed by atoms with van der Waals surface area (Å²) < 4.78 is 19.8. The first-order valence-corrected chi connectivity index (χ1v) is 10.9. The number of carbonyl (C=O) groups is 2. The minimum atomic E-state index is -0.980. The van der Waals surface area contributed by atoms with Crippen LogP contribution >= 0.6 is 11.3 Å². The molecule has 1 aliphatic heterocycles. The van der Waals surface area contributed by atoms with E-state index in [0.29, 0.717) is 27.1 Å². The van der Waals surface area contributed by atoms with Crippen molar-refractivity contribution in [1.29, 1.82) is 0 Å². The molecule has 1 aromatic heterocycles. The highest BCUT2D eigenvalue weighted by Gasteiger charge is 2.49. The van der Waals surface area contributed by atoms with Gasteiger partial charge in [-0.2, -0.15) is 0 Å². The summed E-state index contributed by atoms with van der Waals surface area (Å²) >= 11 is 1.09. The van der Waals surface area contributed by atoms with E-state index in [9.17, 15) is 19.1 Å². The minimum absolute atomic E-state index is 0.0684. The minimum Gasteiger partial charge on any atom is -0.507 e. The number of rotatable bonds is 4. The number of aromatic nitrogens is 1. The van der Waals surface area contributed by atoms with Gasteiger partial charge in [0, 0.05) is 11.1 Å². The predicted octanol–water partition coefficient (Wildman–Crippen LogP) is 5.07. The zero-order valence-corrected chi connectivity index (χ0v) is 18.2.